The zero-order chi connectivity index (χ0) is 14.9. The number of rotatable bonds is 4. The molecule has 4 nitrogen and oxygen atoms in total. The molecule has 2 aromatic heterocycles. The zero-order valence-corrected chi connectivity index (χ0v) is 14.0. The van der Waals surface area contributed by atoms with Gasteiger partial charge >= 0.3 is 0 Å². The summed E-state index contributed by atoms with van der Waals surface area (Å²) in [7, 11) is 1.85. The van der Waals surface area contributed by atoms with Crippen molar-refractivity contribution in [3.63, 3.8) is 0 Å². The second-order valence-corrected chi connectivity index (χ2v) is 7.60. The fourth-order valence-corrected chi connectivity index (χ4v) is 2.72. The van der Waals surface area contributed by atoms with Gasteiger partial charge in [-0.25, -0.2) is 4.98 Å². The number of hydrogen-bond donors (Lipinski definition) is 2. The Hall–Kier alpha value is -1.36. The maximum absolute atomic E-state index is 4.56. The summed E-state index contributed by atoms with van der Waals surface area (Å²) >= 11 is 1.70. The van der Waals surface area contributed by atoms with Crippen LogP contribution in [-0.4, -0.2) is 23.6 Å². The fourth-order valence-electron chi connectivity index (χ4n) is 1.84. The molecule has 0 spiro atoms. The third-order valence-corrected chi connectivity index (χ3v) is 4.74. The van der Waals surface area contributed by atoms with Crippen LogP contribution in [-0.2, 0) is 0 Å². The van der Waals surface area contributed by atoms with E-state index in [1.165, 1.54) is 4.88 Å². The van der Waals surface area contributed by atoms with E-state index in [1.54, 1.807) is 11.3 Å². The van der Waals surface area contributed by atoms with E-state index in [4.69, 9.17) is 0 Å². The van der Waals surface area contributed by atoms with Gasteiger partial charge in [0.05, 0.1) is 5.39 Å². The average Bonchev–Trinajstić information content (AvgIpc) is 2.74. The maximum Gasteiger partial charge on any atom is 0.225 e. The van der Waals surface area contributed by atoms with Crippen molar-refractivity contribution in [3.05, 3.63) is 10.9 Å². The lowest BCUT2D eigenvalue weighted by molar-refractivity contribution is 0.274. The Labute approximate surface area is 125 Å². The zero-order valence-electron chi connectivity index (χ0n) is 13.2. The first kappa shape index (κ1) is 15.0. The maximum atomic E-state index is 4.56. The van der Waals surface area contributed by atoms with Crippen LogP contribution in [0.25, 0.3) is 10.2 Å². The molecule has 0 aromatic carbocycles. The molecule has 1 atom stereocenters. The largest absolute Gasteiger partial charge is 0.369 e. The Morgan fingerprint density at radius 2 is 2.00 bits per heavy atom. The number of thiophene rings is 1. The highest BCUT2D eigenvalue weighted by molar-refractivity contribution is 7.18. The van der Waals surface area contributed by atoms with E-state index >= 15 is 0 Å². The number of anilines is 2. The van der Waals surface area contributed by atoms with Gasteiger partial charge in [-0.2, -0.15) is 4.98 Å². The summed E-state index contributed by atoms with van der Waals surface area (Å²) in [5.41, 5.74) is 0.287. The van der Waals surface area contributed by atoms with E-state index in [1.807, 2.05) is 7.05 Å². The summed E-state index contributed by atoms with van der Waals surface area (Å²) in [5, 5.41) is 7.65. The van der Waals surface area contributed by atoms with E-state index in [0.29, 0.717) is 11.9 Å². The molecule has 0 aliphatic carbocycles. The van der Waals surface area contributed by atoms with Crippen molar-refractivity contribution in [1.82, 2.24) is 9.97 Å². The van der Waals surface area contributed by atoms with E-state index in [2.05, 4.69) is 61.3 Å². The van der Waals surface area contributed by atoms with Crippen LogP contribution in [0, 0.1) is 18.3 Å². The van der Waals surface area contributed by atoms with Gasteiger partial charge in [0.2, 0.25) is 5.95 Å². The van der Waals surface area contributed by atoms with Crippen molar-refractivity contribution in [2.24, 2.45) is 11.3 Å². The van der Waals surface area contributed by atoms with E-state index < -0.39 is 0 Å². The van der Waals surface area contributed by atoms with Crippen LogP contribution in [0.15, 0.2) is 6.07 Å². The lowest BCUT2D eigenvalue weighted by Crippen LogP contribution is -2.25. The second-order valence-electron chi connectivity index (χ2n) is 6.37. The van der Waals surface area contributed by atoms with E-state index in [0.717, 1.165) is 22.6 Å². The van der Waals surface area contributed by atoms with E-state index in [-0.39, 0.29) is 5.41 Å². The van der Waals surface area contributed by atoms with Crippen molar-refractivity contribution < 1.29 is 0 Å². The Morgan fingerprint density at radius 1 is 1.30 bits per heavy atom. The van der Waals surface area contributed by atoms with Gasteiger partial charge in [-0.15, -0.1) is 11.3 Å². The van der Waals surface area contributed by atoms with Crippen molar-refractivity contribution in [2.75, 3.05) is 24.2 Å². The predicted molar refractivity (Wildman–Crippen MR) is 88.8 cm³/mol. The molecule has 2 aromatic rings. The molecule has 0 amide bonds. The monoisotopic (exact) mass is 292 g/mol. The highest BCUT2D eigenvalue weighted by Gasteiger charge is 2.20. The molecule has 0 saturated carbocycles. The van der Waals surface area contributed by atoms with Gasteiger partial charge in [0, 0.05) is 18.5 Å². The Kier molecular flexibility index (Phi) is 4.18. The summed E-state index contributed by atoms with van der Waals surface area (Å²) in [6.45, 7) is 12.1. The van der Waals surface area contributed by atoms with Gasteiger partial charge in [0.15, 0.2) is 0 Å². The molecule has 2 heterocycles. The molecular formula is C15H24N4S. The Balaban J connectivity index is 2.28. The van der Waals surface area contributed by atoms with Gasteiger partial charge in [-0.3, -0.25) is 0 Å². The van der Waals surface area contributed by atoms with Gasteiger partial charge in [0.1, 0.15) is 10.6 Å². The molecule has 0 aliphatic heterocycles. The minimum absolute atomic E-state index is 0.287. The summed E-state index contributed by atoms with van der Waals surface area (Å²) in [6.07, 6.45) is 0. The Morgan fingerprint density at radius 3 is 2.60 bits per heavy atom. The predicted octanol–water partition coefficient (Wildman–Crippen LogP) is 4.14. The minimum atomic E-state index is 0.287. The highest BCUT2D eigenvalue weighted by Crippen LogP contribution is 2.31. The number of aryl methyl sites for hydroxylation is 1. The van der Waals surface area contributed by atoms with Crippen molar-refractivity contribution in [1.29, 1.82) is 0 Å². The number of nitrogens with zero attached hydrogens (tertiary/aromatic N) is 2. The van der Waals surface area contributed by atoms with Gasteiger partial charge < -0.3 is 10.6 Å². The fraction of sp³-hybridized carbons (Fsp3) is 0.600. The standard InChI is InChI=1S/C15H24N4S/c1-9(15(3,4)5)8-17-12-11-7-10(2)20-13(11)19-14(16-6)18-12/h7,9H,8H2,1-6H3,(H2,16,17,18,19). The molecular weight excluding hydrogens is 268 g/mol. The van der Waals surface area contributed by atoms with Crippen molar-refractivity contribution >= 4 is 33.3 Å². The quantitative estimate of drug-likeness (QED) is 0.889. The third kappa shape index (κ3) is 3.20. The Bertz CT molecular complexity index is 598. The molecule has 5 heteroatoms. The van der Waals surface area contributed by atoms with Crippen LogP contribution in [0.4, 0.5) is 11.8 Å². The van der Waals surface area contributed by atoms with Crippen LogP contribution in [0.3, 0.4) is 0 Å². The summed E-state index contributed by atoms with van der Waals surface area (Å²) in [6, 6.07) is 2.16. The van der Waals surface area contributed by atoms with Gasteiger partial charge in [-0.05, 0) is 24.3 Å². The van der Waals surface area contributed by atoms with Crippen molar-refractivity contribution in [3.8, 4) is 0 Å². The van der Waals surface area contributed by atoms with Crippen LogP contribution in [0.2, 0.25) is 0 Å². The van der Waals surface area contributed by atoms with Gasteiger partial charge in [-0.1, -0.05) is 27.7 Å². The highest BCUT2D eigenvalue weighted by atomic mass is 32.1. The van der Waals surface area contributed by atoms with Crippen LogP contribution < -0.4 is 10.6 Å². The molecule has 110 valence electrons. The number of aromatic nitrogens is 2. The molecule has 2 N–H and O–H groups in total. The van der Waals surface area contributed by atoms with Crippen molar-refractivity contribution in [2.45, 2.75) is 34.6 Å². The summed E-state index contributed by atoms with van der Waals surface area (Å²) in [5.74, 6) is 2.16. The number of hydrogen-bond acceptors (Lipinski definition) is 5. The summed E-state index contributed by atoms with van der Waals surface area (Å²) in [4.78, 5) is 11.4. The number of fused-ring (bicyclic) bond motifs is 1. The van der Waals surface area contributed by atoms with E-state index in [9.17, 15) is 0 Å². The molecule has 0 saturated heterocycles. The lowest BCUT2D eigenvalue weighted by atomic mass is 9.82. The molecule has 1 unspecified atom stereocenters. The first-order chi connectivity index (χ1) is 9.31. The third-order valence-electron chi connectivity index (χ3n) is 3.79. The first-order valence-electron chi connectivity index (χ1n) is 7.01. The molecule has 2 rings (SSSR count). The smallest absolute Gasteiger partial charge is 0.225 e. The SMILES string of the molecule is CNc1nc(NCC(C)C(C)(C)C)c2cc(C)sc2n1. The summed E-state index contributed by atoms with van der Waals surface area (Å²) < 4.78 is 0. The normalized spacial score (nSPS) is 13.5. The number of nitrogens with one attached hydrogen (secondary N) is 2. The second kappa shape index (κ2) is 5.56. The lowest BCUT2D eigenvalue weighted by Gasteiger charge is -2.27. The topological polar surface area (TPSA) is 49.8 Å². The van der Waals surface area contributed by atoms with Crippen LogP contribution in [0.1, 0.15) is 32.6 Å². The molecule has 0 aliphatic rings. The molecule has 0 bridgehead atoms. The minimum Gasteiger partial charge on any atom is -0.369 e. The first-order valence-corrected chi connectivity index (χ1v) is 7.82. The molecule has 0 radical (unpaired) electrons. The van der Waals surface area contributed by atoms with Crippen LogP contribution in [0.5, 0.6) is 0 Å². The molecule has 20 heavy (non-hydrogen) atoms. The molecule has 0 fully saturated rings. The average molecular weight is 292 g/mol. The van der Waals surface area contributed by atoms with Crippen LogP contribution >= 0.6 is 11.3 Å². The van der Waals surface area contributed by atoms with Gasteiger partial charge in [0.25, 0.3) is 0 Å².